The summed E-state index contributed by atoms with van der Waals surface area (Å²) in [6.45, 7) is 4.31. The van der Waals surface area contributed by atoms with E-state index in [0.717, 1.165) is 18.4 Å². The number of hydrogen-bond acceptors (Lipinski definition) is 1. The van der Waals surface area contributed by atoms with Crippen LogP contribution in [-0.4, -0.2) is 5.11 Å². The van der Waals surface area contributed by atoms with Crippen LogP contribution >= 0.6 is 11.6 Å². The Kier molecular flexibility index (Phi) is 5.86. The lowest BCUT2D eigenvalue weighted by Crippen LogP contribution is -2.11. The first-order valence-corrected chi connectivity index (χ1v) is 6.50. The van der Waals surface area contributed by atoms with Crippen LogP contribution in [0.15, 0.2) is 24.3 Å². The van der Waals surface area contributed by atoms with Crippen molar-refractivity contribution in [1.82, 2.24) is 0 Å². The van der Waals surface area contributed by atoms with Crippen LogP contribution in [0.2, 0.25) is 5.02 Å². The quantitative estimate of drug-likeness (QED) is 0.771. The van der Waals surface area contributed by atoms with E-state index in [2.05, 4.69) is 13.8 Å². The minimum atomic E-state index is -0.379. The molecule has 1 aromatic carbocycles. The number of rotatable bonds is 6. The van der Waals surface area contributed by atoms with Crippen LogP contribution in [0.3, 0.4) is 0 Å². The van der Waals surface area contributed by atoms with Crippen molar-refractivity contribution in [2.24, 2.45) is 5.92 Å². The summed E-state index contributed by atoms with van der Waals surface area (Å²) >= 11 is 5.93. The third-order valence-electron chi connectivity index (χ3n) is 3.09. The van der Waals surface area contributed by atoms with Crippen molar-refractivity contribution in [3.05, 3.63) is 34.9 Å². The van der Waals surface area contributed by atoms with E-state index >= 15 is 0 Å². The van der Waals surface area contributed by atoms with Crippen LogP contribution in [0, 0.1) is 5.92 Å². The molecule has 2 atom stereocenters. The molecule has 0 heterocycles. The number of halogens is 1. The maximum Gasteiger partial charge on any atom is 0.0818 e. The highest BCUT2D eigenvalue weighted by Gasteiger charge is 2.18. The Labute approximate surface area is 103 Å². The minimum absolute atomic E-state index is 0.346. The van der Waals surface area contributed by atoms with Gasteiger partial charge in [-0.1, -0.05) is 56.8 Å². The van der Waals surface area contributed by atoms with Crippen molar-refractivity contribution in [1.29, 1.82) is 0 Å². The lowest BCUT2D eigenvalue weighted by atomic mass is 9.89. The second-order valence-electron chi connectivity index (χ2n) is 4.31. The Bertz CT molecular complexity index is 311. The first-order valence-electron chi connectivity index (χ1n) is 6.12. The van der Waals surface area contributed by atoms with Gasteiger partial charge in [0, 0.05) is 5.02 Å². The molecule has 0 saturated carbocycles. The number of aliphatic hydroxyl groups excluding tert-OH is 1. The van der Waals surface area contributed by atoms with Gasteiger partial charge in [0.25, 0.3) is 0 Å². The second-order valence-corrected chi connectivity index (χ2v) is 4.75. The van der Waals surface area contributed by atoms with Gasteiger partial charge in [-0.25, -0.2) is 0 Å². The predicted octanol–water partition coefficient (Wildman–Crippen LogP) is 4.59. The molecule has 1 rings (SSSR count). The molecule has 1 N–H and O–H groups in total. The van der Waals surface area contributed by atoms with Crippen molar-refractivity contribution < 1.29 is 5.11 Å². The normalized spacial score (nSPS) is 14.8. The lowest BCUT2D eigenvalue weighted by Gasteiger charge is -2.21. The molecule has 2 heteroatoms. The molecule has 0 amide bonds. The summed E-state index contributed by atoms with van der Waals surface area (Å²) in [5, 5.41) is 11.0. The smallest absolute Gasteiger partial charge is 0.0818 e. The van der Waals surface area contributed by atoms with Gasteiger partial charge < -0.3 is 5.11 Å². The van der Waals surface area contributed by atoms with Crippen molar-refractivity contribution in [3.63, 3.8) is 0 Å². The van der Waals surface area contributed by atoms with Crippen LogP contribution in [0.25, 0.3) is 0 Å². The summed E-state index contributed by atoms with van der Waals surface area (Å²) in [6.07, 6.45) is 4.07. The third kappa shape index (κ3) is 3.80. The molecule has 0 spiro atoms. The van der Waals surface area contributed by atoms with Gasteiger partial charge in [0.15, 0.2) is 0 Å². The zero-order valence-corrected chi connectivity index (χ0v) is 10.9. The van der Waals surface area contributed by atoms with E-state index in [4.69, 9.17) is 11.6 Å². The van der Waals surface area contributed by atoms with Gasteiger partial charge in [-0.15, -0.1) is 0 Å². The maximum atomic E-state index is 10.3. The second kappa shape index (κ2) is 6.93. The third-order valence-corrected chi connectivity index (χ3v) is 3.32. The monoisotopic (exact) mass is 240 g/mol. The highest BCUT2D eigenvalue weighted by atomic mass is 35.5. The molecule has 2 unspecified atom stereocenters. The molecular weight excluding hydrogens is 220 g/mol. The molecule has 0 bridgehead atoms. The minimum Gasteiger partial charge on any atom is -0.388 e. The molecular formula is C14H21ClO. The average Bonchev–Trinajstić information content (AvgIpc) is 2.29. The maximum absolute atomic E-state index is 10.3. The van der Waals surface area contributed by atoms with Crippen molar-refractivity contribution in [2.75, 3.05) is 0 Å². The lowest BCUT2D eigenvalue weighted by molar-refractivity contribution is 0.0989. The highest BCUT2D eigenvalue weighted by molar-refractivity contribution is 6.30. The standard InChI is InChI=1S/C14H21ClO/c1-3-5-7-11(4-2)14(16)12-8-6-9-13(15)10-12/h6,8-11,14,16H,3-5,7H2,1-2H3. The Balaban J connectivity index is 2.70. The number of hydrogen-bond donors (Lipinski definition) is 1. The van der Waals surface area contributed by atoms with E-state index in [0.29, 0.717) is 10.9 Å². The zero-order chi connectivity index (χ0) is 12.0. The fourth-order valence-corrected chi connectivity index (χ4v) is 2.21. The van der Waals surface area contributed by atoms with Crippen LogP contribution in [-0.2, 0) is 0 Å². The largest absolute Gasteiger partial charge is 0.388 e. The van der Waals surface area contributed by atoms with Crippen LogP contribution in [0.5, 0.6) is 0 Å². The van der Waals surface area contributed by atoms with Crippen molar-refractivity contribution >= 4 is 11.6 Å². The fourth-order valence-electron chi connectivity index (χ4n) is 2.01. The molecule has 1 nitrogen and oxygen atoms in total. The van der Waals surface area contributed by atoms with Gasteiger partial charge >= 0.3 is 0 Å². The fraction of sp³-hybridized carbons (Fsp3) is 0.571. The molecule has 0 aliphatic heterocycles. The van der Waals surface area contributed by atoms with E-state index in [1.54, 1.807) is 0 Å². The Morgan fingerprint density at radius 3 is 2.62 bits per heavy atom. The van der Waals surface area contributed by atoms with Gasteiger partial charge in [0.2, 0.25) is 0 Å². The van der Waals surface area contributed by atoms with Crippen LogP contribution in [0.1, 0.15) is 51.2 Å². The van der Waals surface area contributed by atoms with E-state index < -0.39 is 0 Å². The Morgan fingerprint density at radius 1 is 1.31 bits per heavy atom. The molecule has 90 valence electrons. The van der Waals surface area contributed by atoms with E-state index in [9.17, 15) is 5.11 Å². The van der Waals surface area contributed by atoms with E-state index in [-0.39, 0.29) is 6.10 Å². The SMILES string of the molecule is CCCCC(CC)C(O)c1cccc(Cl)c1. The van der Waals surface area contributed by atoms with Gasteiger partial charge in [-0.05, 0) is 30.0 Å². The number of unbranched alkanes of at least 4 members (excludes halogenated alkanes) is 1. The Morgan fingerprint density at radius 2 is 2.06 bits per heavy atom. The molecule has 16 heavy (non-hydrogen) atoms. The van der Waals surface area contributed by atoms with Crippen LogP contribution < -0.4 is 0 Å². The summed E-state index contributed by atoms with van der Waals surface area (Å²) in [7, 11) is 0. The molecule has 0 saturated heterocycles. The summed E-state index contributed by atoms with van der Waals surface area (Å²) in [6, 6.07) is 7.55. The highest BCUT2D eigenvalue weighted by Crippen LogP contribution is 2.29. The van der Waals surface area contributed by atoms with Crippen molar-refractivity contribution in [3.8, 4) is 0 Å². The molecule has 0 radical (unpaired) electrons. The first-order chi connectivity index (χ1) is 7.69. The van der Waals surface area contributed by atoms with Crippen molar-refractivity contribution in [2.45, 2.75) is 45.6 Å². The molecule has 0 aromatic heterocycles. The summed E-state index contributed by atoms with van der Waals surface area (Å²) in [5.41, 5.74) is 0.940. The van der Waals surface area contributed by atoms with Gasteiger partial charge in [0.1, 0.15) is 0 Å². The summed E-state index contributed by atoms with van der Waals surface area (Å²) < 4.78 is 0. The van der Waals surface area contributed by atoms with Gasteiger partial charge in [-0.2, -0.15) is 0 Å². The van der Waals surface area contributed by atoms with E-state index in [1.807, 2.05) is 24.3 Å². The number of aliphatic hydroxyl groups is 1. The van der Waals surface area contributed by atoms with E-state index in [1.165, 1.54) is 12.8 Å². The number of benzene rings is 1. The van der Waals surface area contributed by atoms with Gasteiger partial charge in [-0.3, -0.25) is 0 Å². The predicted molar refractivity (Wildman–Crippen MR) is 69.7 cm³/mol. The molecule has 0 fully saturated rings. The average molecular weight is 241 g/mol. The molecule has 1 aromatic rings. The molecule has 0 aliphatic rings. The summed E-state index contributed by atoms with van der Waals surface area (Å²) in [5.74, 6) is 0.346. The summed E-state index contributed by atoms with van der Waals surface area (Å²) in [4.78, 5) is 0. The zero-order valence-electron chi connectivity index (χ0n) is 10.1. The first kappa shape index (κ1) is 13.5. The Hall–Kier alpha value is -0.530. The van der Waals surface area contributed by atoms with Crippen LogP contribution in [0.4, 0.5) is 0 Å². The van der Waals surface area contributed by atoms with Gasteiger partial charge in [0.05, 0.1) is 6.10 Å². The topological polar surface area (TPSA) is 20.2 Å². The molecule has 0 aliphatic carbocycles.